The molecule has 0 aliphatic carbocycles. The van der Waals surface area contributed by atoms with Gasteiger partial charge in [0, 0.05) is 48.6 Å². The Balaban J connectivity index is -0.00000000200. The molecular weight excluding hydrogens is 336 g/mol. The summed E-state index contributed by atoms with van der Waals surface area (Å²) in [5.74, 6) is 0. The fourth-order valence-electron chi connectivity index (χ4n) is 0. The summed E-state index contributed by atoms with van der Waals surface area (Å²) in [5.41, 5.74) is 0. The van der Waals surface area contributed by atoms with Gasteiger partial charge in [-0.25, -0.2) is 0 Å². The molecule has 6 heavy (non-hydrogen) atoms. The normalized spacial score (nSPS) is 2.00. The van der Waals surface area contributed by atoms with E-state index in [1.807, 2.05) is 0 Å². The number of aldehydes is 1. The van der Waals surface area contributed by atoms with Gasteiger partial charge in [0.1, 0.15) is 0 Å². The molecule has 0 unspecified atom stereocenters. The van der Waals surface area contributed by atoms with Crippen LogP contribution in [0.2, 0.25) is 0 Å². The van der Waals surface area contributed by atoms with Crippen molar-refractivity contribution in [3.05, 3.63) is 6.92 Å². The number of rotatable bonds is 0. The molecule has 0 heterocycles. The molecule has 0 aromatic carbocycles. The molecule has 0 fully saturated rings. The molecule has 0 aliphatic rings. The molecule has 0 saturated heterocycles. The third-order valence-corrected chi connectivity index (χ3v) is 0. The van der Waals surface area contributed by atoms with Crippen molar-refractivity contribution in [2.24, 2.45) is 0 Å². The zero-order valence-electron chi connectivity index (χ0n) is 5.35. The van der Waals surface area contributed by atoms with E-state index >= 15 is 0 Å². The maximum Gasteiger partial charge on any atom is 2.00 e. The van der Waals surface area contributed by atoms with Crippen LogP contribution >= 0.6 is 0 Å². The Kier molecular flexibility index (Phi) is 117. The molecule has 0 aromatic rings. The third kappa shape index (κ3) is 38.7. The van der Waals surface area contributed by atoms with E-state index in [0.29, 0.717) is 6.29 Å². The van der Waals surface area contributed by atoms with Gasteiger partial charge in [0.25, 0.3) is 0 Å². The van der Waals surface area contributed by atoms with Gasteiger partial charge >= 0.3 is 23.1 Å². The van der Waals surface area contributed by atoms with E-state index < -0.39 is 0 Å². The molecule has 1 nitrogen and oxygen atoms in total. The molecular formula is C2H5MgOTaZr-. The van der Waals surface area contributed by atoms with Gasteiger partial charge in [-0.3, -0.25) is 0 Å². The minimum absolute atomic E-state index is 0. The average molecular weight is 342 g/mol. The zero-order valence-corrected chi connectivity index (χ0v) is 10.4. The van der Waals surface area contributed by atoms with Crippen LogP contribution in [0.25, 0.3) is 0 Å². The predicted molar refractivity (Wildman–Crippen MR) is 19.4 cm³/mol. The van der Waals surface area contributed by atoms with Crippen LogP contribution in [-0.2, 0) is 53.4 Å². The molecule has 1 radical (unpaired) electrons. The van der Waals surface area contributed by atoms with E-state index in [4.69, 9.17) is 4.79 Å². The van der Waals surface area contributed by atoms with Crippen molar-refractivity contribution in [3.8, 4) is 0 Å². The maximum absolute atomic E-state index is 8.69. The van der Waals surface area contributed by atoms with Gasteiger partial charge < -0.3 is 14.6 Å². The summed E-state index contributed by atoms with van der Waals surface area (Å²) in [5, 5.41) is 0. The molecule has 0 bridgehead atoms. The topological polar surface area (TPSA) is 17.1 Å². The first-order valence-electron chi connectivity index (χ1n) is 0.644. The summed E-state index contributed by atoms with van der Waals surface area (Å²) in [7, 11) is 0. The van der Waals surface area contributed by atoms with Gasteiger partial charge in [-0.15, -0.1) is 0 Å². The molecule has 0 aliphatic heterocycles. The molecule has 0 spiro atoms. The maximum atomic E-state index is 8.69. The largest absolute Gasteiger partial charge is 2.00 e. The summed E-state index contributed by atoms with van der Waals surface area (Å²) in [4.78, 5) is 8.69. The van der Waals surface area contributed by atoms with Gasteiger partial charge in [0.15, 0.2) is 0 Å². The Labute approximate surface area is 91.4 Å². The van der Waals surface area contributed by atoms with Crippen LogP contribution in [0.5, 0.6) is 0 Å². The summed E-state index contributed by atoms with van der Waals surface area (Å²) in [6, 6.07) is 0. The Morgan fingerprint density at radius 1 is 1.67 bits per heavy atom. The second-order valence-corrected chi connectivity index (χ2v) is 0.167. The van der Waals surface area contributed by atoms with Gasteiger partial charge in [-0.05, 0) is 6.29 Å². The quantitative estimate of drug-likeness (QED) is 0.340. The fraction of sp³-hybridized carbons (Fsp3) is 0. The van der Waals surface area contributed by atoms with Crippen molar-refractivity contribution >= 4 is 29.3 Å². The van der Waals surface area contributed by atoms with Crippen molar-refractivity contribution < 1.29 is 56.2 Å². The molecule has 0 aromatic heterocycles. The van der Waals surface area contributed by atoms with Crippen LogP contribution in [0.4, 0.5) is 0 Å². The smallest absolute Gasteiger partial charge is 1.00 e. The molecule has 0 atom stereocenters. The molecule has 0 saturated carbocycles. The number of carbonyl (C=O) groups excluding carboxylic acids is 1. The van der Waals surface area contributed by atoms with E-state index in [9.17, 15) is 0 Å². The van der Waals surface area contributed by atoms with E-state index in [1.54, 1.807) is 0 Å². The summed E-state index contributed by atoms with van der Waals surface area (Å²) >= 11 is 0. The second kappa shape index (κ2) is 28.4. The van der Waals surface area contributed by atoms with Gasteiger partial charge in [-0.1, -0.05) is 0 Å². The van der Waals surface area contributed by atoms with E-state index in [0.717, 1.165) is 0 Å². The van der Waals surface area contributed by atoms with Gasteiger partial charge in [0.05, 0.1) is 0 Å². The first-order valence-corrected chi connectivity index (χ1v) is 0.644. The third-order valence-electron chi connectivity index (χ3n) is 0. The van der Waals surface area contributed by atoms with Crippen molar-refractivity contribution in [1.29, 1.82) is 0 Å². The Bertz CT molecular complexity index is 27.5. The average Bonchev–Trinajstić information content (AvgIpc) is 0.918. The first-order chi connectivity index (χ1) is 1.41. The number of hydrogen-bond acceptors (Lipinski definition) is 1. The van der Waals surface area contributed by atoms with Crippen LogP contribution in [-0.4, -0.2) is 29.3 Å². The summed E-state index contributed by atoms with van der Waals surface area (Å²) in [6.45, 7) is 2.81. The minimum atomic E-state index is 0. The van der Waals surface area contributed by atoms with Crippen LogP contribution in [0, 0.1) is 6.92 Å². The zero-order chi connectivity index (χ0) is 2.71. The van der Waals surface area contributed by atoms with Crippen molar-refractivity contribution in [3.63, 3.8) is 0 Å². The Morgan fingerprint density at radius 3 is 1.67 bits per heavy atom. The number of hydrogen-bond donors (Lipinski definition) is 0. The molecule has 0 amide bonds. The van der Waals surface area contributed by atoms with Crippen LogP contribution < -0.4 is 0 Å². The molecule has 0 N–H and O–H groups in total. The summed E-state index contributed by atoms with van der Waals surface area (Å²) < 4.78 is 0. The molecule has 4 heteroatoms. The fourth-order valence-corrected chi connectivity index (χ4v) is 0. The van der Waals surface area contributed by atoms with Crippen molar-refractivity contribution in [2.75, 3.05) is 0 Å². The monoisotopic (exact) mass is 340 g/mol. The van der Waals surface area contributed by atoms with Gasteiger partial charge in [0.2, 0.25) is 0 Å². The van der Waals surface area contributed by atoms with Gasteiger partial charge in [-0.2, -0.15) is 0 Å². The summed E-state index contributed by atoms with van der Waals surface area (Å²) in [6.07, 6.45) is 0.500. The minimum Gasteiger partial charge on any atom is -1.00 e. The molecule has 0 rings (SSSR count). The predicted octanol–water partition coefficient (Wildman–Crippen LogP) is -0.141. The molecule has 31 valence electrons. The van der Waals surface area contributed by atoms with E-state index in [2.05, 4.69) is 6.92 Å². The SMILES string of the molecule is [CH2-]C=O.[H-].[H-].[Mg+2].[Ta].[Zr]. The van der Waals surface area contributed by atoms with E-state index in [1.165, 1.54) is 0 Å². The first kappa shape index (κ1) is 24.7. The van der Waals surface area contributed by atoms with Crippen LogP contribution in [0.1, 0.15) is 2.85 Å². The Morgan fingerprint density at radius 2 is 1.67 bits per heavy atom. The second-order valence-electron chi connectivity index (χ2n) is 0.167. The van der Waals surface area contributed by atoms with Crippen LogP contribution in [0.3, 0.4) is 0 Å². The Hall–Kier alpha value is 1.93. The number of carbonyl (C=O) groups is 1. The van der Waals surface area contributed by atoms with Crippen molar-refractivity contribution in [2.45, 2.75) is 0 Å². The standard InChI is InChI=1S/C2H3O.Mg.Ta.Zr.2H/c1-2-3;;;;;/h2H,1H2;;;;;/q-1;+2;;;2*-1. The van der Waals surface area contributed by atoms with Crippen LogP contribution in [0.15, 0.2) is 0 Å². The van der Waals surface area contributed by atoms with E-state index in [-0.39, 0.29) is 74.5 Å². The van der Waals surface area contributed by atoms with Crippen molar-refractivity contribution in [1.82, 2.24) is 0 Å².